The predicted molar refractivity (Wildman–Crippen MR) is 93.7 cm³/mol. The van der Waals surface area contributed by atoms with Crippen molar-refractivity contribution < 1.29 is 24.2 Å². The topological polar surface area (TPSA) is 72.8 Å². The van der Waals surface area contributed by atoms with Crippen LogP contribution in [0.3, 0.4) is 0 Å². The Morgan fingerprint density at radius 1 is 1.04 bits per heavy atom. The third kappa shape index (κ3) is 3.40. The molecule has 1 aliphatic heterocycles. The Labute approximate surface area is 145 Å². The summed E-state index contributed by atoms with van der Waals surface area (Å²) < 4.78 is 11.2. The normalized spacial score (nSPS) is 13.0. The first kappa shape index (κ1) is 16.8. The molecule has 0 amide bonds. The van der Waals surface area contributed by atoms with Crippen molar-refractivity contribution in [1.29, 1.82) is 0 Å². The first-order chi connectivity index (χ1) is 12.0. The zero-order chi connectivity index (χ0) is 18.0. The smallest absolute Gasteiger partial charge is 0.335 e. The Morgan fingerprint density at radius 3 is 2.40 bits per heavy atom. The summed E-state index contributed by atoms with van der Waals surface area (Å²) in [6, 6.07) is 8.05. The van der Waals surface area contributed by atoms with Gasteiger partial charge in [0.1, 0.15) is 13.2 Å². The van der Waals surface area contributed by atoms with Gasteiger partial charge in [-0.3, -0.25) is 4.79 Å². The number of benzene rings is 2. The van der Waals surface area contributed by atoms with Crippen molar-refractivity contribution in [2.75, 3.05) is 13.2 Å². The van der Waals surface area contributed by atoms with Crippen molar-refractivity contribution in [1.82, 2.24) is 0 Å². The number of allylic oxidation sites excluding steroid dienone is 1. The molecule has 5 heteroatoms. The molecule has 1 heterocycles. The van der Waals surface area contributed by atoms with Crippen LogP contribution in [-0.2, 0) is 0 Å². The Morgan fingerprint density at radius 2 is 1.72 bits per heavy atom. The van der Waals surface area contributed by atoms with Gasteiger partial charge >= 0.3 is 5.97 Å². The van der Waals surface area contributed by atoms with Crippen molar-refractivity contribution in [3.05, 3.63) is 64.2 Å². The molecule has 3 rings (SSSR count). The molecule has 128 valence electrons. The molecule has 0 radical (unpaired) electrons. The van der Waals surface area contributed by atoms with Crippen LogP contribution >= 0.6 is 0 Å². The summed E-state index contributed by atoms with van der Waals surface area (Å²) in [6.07, 6.45) is 3.15. The van der Waals surface area contributed by atoms with Gasteiger partial charge in [0.25, 0.3) is 0 Å². The third-order valence-electron chi connectivity index (χ3n) is 4.24. The number of carbonyl (C=O) groups is 2. The maximum absolute atomic E-state index is 12.6. The lowest BCUT2D eigenvalue weighted by Crippen LogP contribution is -2.17. The van der Waals surface area contributed by atoms with Crippen LogP contribution in [0, 0.1) is 13.8 Å². The number of ether oxygens (including phenoxy) is 2. The standard InChI is InChI=1S/C20H18O5/c1-12-13(2)19-18(24-9-10-25-19)11-16(12)17(21)8-5-14-3-6-15(7-4-14)20(22)23/h3-8,11H,9-10H2,1-2H3,(H,22,23). The van der Waals surface area contributed by atoms with Gasteiger partial charge in [-0.2, -0.15) is 0 Å². The first-order valence-electron chi connectivity index (χ1n) is 7.93. The lowest BCUT2D eigenvalue weighted by atomic mass is 9.97. The van der Waals surface area contributed by atoms with Crippen LogP contribution in [0.15, 0.2) is 36.4 Å². The largest absolute Gasteiger partial charge is 0.486 e. The molecule has 0 aliphatic carbocycles. The highest BCUT2D eigenvalue weighted by atomic mass is 16.6. The van der Waals surface area contributed by atoms with Crippen LogP contribution in [0.4, 0.5) is 0 Å². The minimum atomic E-state index is -0.978. The van der Waals surface area contributed by atoms with Crippen molar-refractivity contribution in [3.63, 3.8) is 0 Å². The van der Waals surface area contributed by atoms with E-state index in [1.54, 1.807) is 24.3 Å². The highest BCUT2D eigenvalue weighted by Crippen LogP contribution is 2.37. The SMILES string of the molecule is Cc1c(C(=O)C=Cc2ccc(C(=O)O)cc2)cc2c(c1C)OCCO2. The molecule has 5 nitrogen and oxygen atoms in total. The summed E-state index contributed by atoms with van der Waals surface area (Å²) in [4.78, 5) is 23.4. The molecule has 0 unspecified atom stereocenters. The fourth-order valence-corrected chi connectivity index (χ4v) is 2.70. The molecular formula is C20H18O5. The third-order valence-corrected chi connectivity index (χ3v) is 4.24. The van der Waals surface area contributed by atoms with Gasteiger partial charge in [-0.25, -0.2) is 4.79 Å². The van der Waals surface area contributed by atoms with Crippen LogP contribution in [0.25, 0.3) is 6.08 Å². The number of rotatable bonds is 4. The van der Waals surface area contributed by atoms with Crippen LogP contribution in [0.1, 0.15) is 37.4 Å². The lowest BCUT2D eigenvalue weighted by Gasteiger charge is -2.22. The average Bonchev–Trinajstić information content (AvgIpc) is 2.63. The zero-order valence-electron chi connectivity index (χ0n) is 14.0. The molecule has 2 aromatic carbocycles. The number of carboxylic acid groups (broad SMARTS) is 1. The van der Waals surface area contributed by atoms with Crippen molar-refractivity contribution in [3.8, 4) is 11.5 Å². The number of aromatic carboxylic acids is 1. The number of hydrogen-bond acceptors (Lipinski definition) is 4. The molecule has 0 spiro atoms. The van der Waals surface area contributed by atoms with Crippen LogP contribution in [0.5, 0.6) is 11.5 Å². The Kier molecular flexibility index (Phi) is 4.57. The minimum Gasteiger partial charge on any atom is -0.486 e. The summed E-state index contributed by atoms with van der Waals surface area (Å²) in [7, 11) is 0. The molecule has 2 aromatic rings. The molecule has 0 atom stereocenters. The molecular weight excluding hydrogens is 320 g/mol. The van der Waals surface area contributed by atoms with Gasteiger partial charge in [0.05, 0.1) is 5.56 Å². The second-order valence-electron chi connectivity index (χ2n) is 5.82. The summed E-state index contributed by atoms with van der Waals surface area (Å²) in [6.45, 7) is 4.77. The summed E-state index contributed by atoms with van der Waals surface area (Å²) >= 11 is 0. The van der Waals surface area contributed by atoms with Gasteiger partial charge in [-0.15, -0.1) is 0 Å². The lowest BCUT2D eigenvalue weighted by molar-refractivity contribution is 0.0696. The van der Waals surface area contributed by atoms with Gasteiger partial charge in [0, 0.05) is 5.56 Å². The average molecular weight is 338 g/mol. The Balaban J connectivity index is 1.86. The monoisotopic (exact) mass is 338 g/mol. The van der Waals surface area contributed by atoms with E-state index >= 15 is 0 Å². The molecule has 0 saturated heterocycles. The molecule has 0 saturated carbocycles. The molecule has 1 aliphatic rings. The van der Waals surface area contributed by atoms with E-state index in [0.717, 1.165) is 16.7 Å². The second-order valence-corrected chi connectivity index (χ2v) is 5.82. The van der Waals surface area contributed by atoms with E-state index in [1.165, 1.54) is 18.2 Å². The fourth-order valence-electron chi connectivity index (χ4n) is 2.70. The van der Waals surface area contributed by atoms with E-state index in [0.29, 0.717) is 30.3 Å². The van der Waals surface area contributed by atoms with E-state index < -0.39 is 5.97 Å². The summed E-state index contributed by atoms with van der Waals surface area (Å²) in [5.41, 5.74) is 3.30. The van der Waals surface area contributed by atoms with Crippen molar-refractivity contribution >= 4 is 17.8 Å². The number of fused-ring (bicyclic) bond motifs is 1. The quantitative estimate of drug-likeness (QED) is 0.680. The molecule has 0 aromatic heterocycles. The summed E-state index contributed by atoms with van der Waals surface area (Å²) in [5, 5.41) is 8.90. The van der Waals surface area contributed by atoms with E-state index in [2.05, 4.69) is 0 Å². The first-order valence-corrected chi connectivity index (χ1v) is 7.93. The predicted octanol–water partition coefficient (Wildman–Crippen LogP) is 3.67. The van der Waals surface area contributed by atoms with Crippen LogP contribution in [-0.4, -0.2) is 30.1 Å². The highest BCUT2D eigenvalue weighted by molar-refractivity contribution is 6.08. The maximum Gasteiger partial charge on any atom is 0.335 e. The minimum absolute atomic E-state index is 0.139. The Hall–Kier alpha value is -3.08. The Bertz CT molecular complexity index is 863. The maximum atomic E-state index is 12.6. The van der Waals surface area contributed by atoms with Crippen molar-refractivity contribution in [2.24, 2.45) is 0 Å². The number of carbonyl (C=O) groups excluding carboxylic acids is 1. The van der Waals surface area contributed by atoms with E-state index in [-0.39, 0.29) is 11.3 Å². The van der Waals surface area contributed by atoms with Gasteiger partial charge in [0.2, 0.25) is 0 Å². The van der Waals surface area contributed by atoms with E-state index in [1.807, 2.05) is 13.8 Å². The number of hydrogen-bond donors (Lipinski definition) is 1. The second kappa shape index (κ2) is 6.81. The van der Waals surface area contributed by atoms with Crippen LogP contribution in [0.2, 0.25) is 0 Å². The molecule has 0 fully saturated rings. The molecule has 25 heavy (non-hydrogen) atoms. The van der Waals surface area contributed by atoms with Crippen LogP contribution < -0.4 is 9.47 Å². The number of carboxylic acids is 1. The van der Waals surface area contributed by atoms with Gasteiger partial charge < -0.3 is 14.6 Å². The zero-order valence-corrected chi connectivity index (χ0v) is 14.0. The fraction of sp³-hybridized carbons (Fsp3) is 0.200. The van der Waals surface area contributed by atoms with E-state index in [9.17, 15) is 9.59 Å². The molecule has 1 N–H and O–H groups in total. The van der Waals surface area contributed by atoms with Gasteiger partial charge in [-0.1, -0.05) is 18.2 Å². The van der Waals surface area contributed by atoms with Crippen molar-refractivity contribution in [2.45, 2.75) is 13.8 Å². The molecule has 0 bridgehead atoms. The highest BCUT2D eigenvalue weighted by Gasteiger charge is 2.20. The van der Waals surface area contributed by atoms with Gasteiger partial charge in [0.15, 0.2) is 17.3 Å². The number of ketones is 1. The van der Waals surface area contributed by atoms with E-state index in [4.69, 9.17) is 14.6 Å². The van der Waals surface area contributed by atoms with Gasteiger partial charge in [-0.05, 0) is 54.8 Å². The summed E-state index contributed by atoms with van der Waals surface area (Å²) in [5.74, 6) is 0.180.